The Labute approximate surface area is 117 Å². The molecule has 0 bridgehead atoms. The number of methoxy groups -OCH3 is 1. The van der Waals surface area contributed by atoms with Crippen LogP contribution in [0.3, 0.4) is 0 Å². The standard InChI is InChI=1S/C14H20BrNO2/c1-5-14(13(17)18-4,16-10(2)3)11-7-6-8-12(15)9-11/h6-10,16H,5H2,1-4H3. The Morgan fingerprint density at radius 1 is 1.50 bits per heavy atom. The van der Waals surface area contributed by atoms with Gasteiger partial charge in [-0.1, -0.05) is 35.0 Å². The van der Waals surface area contributed by atoms with E-state index in [1.54, 1.807) is 0 Å². The van der Waals surface area contributed by atoms with Crippen molar-refractivity contribution < 1.29 is 9.53 Å². The minimum atomic E-state index is -0.785. The number of halogens is 1. The Balaban J connectivity index is 3.29. The zero-order valence-electron chi connectivity index (χ0n) is 11.3. The molecule has 4 heteroatoms. The molecule has 1 unspecified atom stereocenters. The van der Waals surface area contributed by atoms with Crippen molar-refractivity contribution in [3.05, 3.63) is 34.3 Å². The highest BCUT2D eigenvalue weighted by Gasteiger charge is 2.40. The van der Waals surface area contributed by atoms with Gasteiger partial charge in [0, 0.05) is 10.5 Å². The van der Waals surface area contributed by atoms with Crippen LogP contribution in [0, 0.1) is 0 Å². The lowest BCUT2D eigenvalue weighted by Gasteiger charge is -2.33. The molecule has 1 aromatic carbocycles. The van der Waals surface area contributed by atoms with Crippen LogP contribution in [0.2, 0.25) is 0 Å². The average molecular weight is 314 g/mol. The second kappa shape index (κ2) is 6.34. The van der Waals surface area contributed by atoms with Crippen LogP contribution in [0.4, 0.5) is 0 Å². The summed E-state index contributed by atoms with van der Waals surface area (Å²) in [6.07, 6.45) is 0.633. The molecule has 0 spiro atoms. The van der Waals surface area contributed by atoms with Gasteiger partial charge in [-0.2, -0.15) is 0 Å². The minimum absolute atomic E-state index is 0.183. The third kappa shape index (κ3) is 3.12. The van der Waals surface area contributed by atoms with E-state index in [0.717, 1.165) is 10.0 Å². The Kier molecular flexibility index (Phi) is 5.35. The van der Waals surface area contributed by atoms with E-state index in [4.69, 9.17) is 4.74 Å². The van der Waals surface area contributed by atoms with Crippen molar-refractivity contribution >= 4 is 21.9 Å². The number of hydrogen-bond acceptors (Lipinski definition) is 3. The molecule has 100 valence electrons. The summed E-state index contributed by atoms with van der Waals surface area (Å²) in [5, 5.41) is 3.34. The molecule has 0 radical (unpaired) electrons. The second-order valence-corrected chi connectivity index (χ2v) is 5.48. The summed E-state index contributed by atoms with van der Waals surface area (Å²) >= 11 is 3.44. The number of carbonyl (C=O) groups is 1. The summed E-state index contributed by atoms with van der Waals surface area (Å²) < 4.78 is 5.94. The minimum Gasteiger partial charge on any atom is -0.467 e. The normalized spacial score (nSPS) is 14.3. The van der Waals surface area contributed by atoms with E-state index >= 15 is 0 Å². The highest BCUT2D eigenvalue weighted by Crippen LogP contribution is 2.29. The third-order valence-corrected chi connectivity index (χ3v) is 3.41. The number of benzene rings is 1. The van der Waals surface area contributed by atoms with E-state index < -0.39 is 5.54 Å². The molecule has 1 N–H and O–H groups in total. The van der Waals surface area contributed by atoms with E-state index in [2.05, 4.69) is 21.2 Å². The van der Waals surface area contributed by atoms with Crippen molar-refractivity contribution in [3.63, 3.8) is 0 Å². The molecule has 1 atom stereocenters. The van der Waals surface area contributed by atoms with Gasteiger partial charge < -0.3 is 4.74 Å². The maximum atomic E-state index is 12.2. The van der Waals surface area contributed by atoms with Gasteiger partial charge >= 0.3 is 5.97 Å². The van der Waals surface area contributed by atoms with E-state index in [1.807, 2.05) is 45.0 Å². The second-order valence-electron chi connectivity index (χ2n) is 4.56. The predicted molar refractivity (Wildman–Crippen MR) is 76.4 cm³/mol. The maximum Gasteiger partial charge on any atom is 0.330 e. The fraction of sp³-hybridized carbons (Fsp3) is 0.500. The van der Waals surface area contributed by atoms with Crippen LogP contribution in [0.15, 0.2) is 28.7 Å². The highest BCUT2D eigenvalue weighted by atomic mass is 79.9. The molecular weight excluding hydrogens is 294 g/mol. The van der Waals surface area contributed by atoms with Crippen LogP contribution in [-0.4, -0.2) is 19.1 Å². The average Bonchev–Trinajstić information content (AvgIpc) is 2.34. The van der Waals surface area contributed by atoms with Crippen molar-refractivity contribution in [2.24, 2.45) is 0 Å². The van der Waals surface area contributed by atoms with Gasteiger partial charge in [-0.25, -0.2) is 4.79 Å². The smallest absolute Gasteiger partial charge is 0.330 e. The van der Waals surface area contributed by atoms with Gasteiger partial charge in [0.15, 0.2) is 0 Å². The van der Waals surface area contributed by atoms with E-state index in [1.165, 1.54) is 7.11 Å². The SMILES string of the molecule is CCC(NC(C)C)(C(=O)OC)c1cccc(Br)c1. The molecule has 0 fully saturated rings. The summed E-state index contributed by atoms with van der Waals surface area (Å²) in [5.74, 6) is -0.253. The van der Waals surface area contributed by atoms with Gasteiger partial charge in [0.05, 0.1) is 7.11 Å². The summed E-state index contributed by atoms with van der Waals surface area (Å²) in [6.45, 7) is 6.02. The number of nitrogens with one attached hydrogen (secondary N) is 1. The first kappa shape index (κ1) is 15.2. The first-order chi connectivity index (χ1) is 8.46. The monoisotopic (exact) mass is 313 g/mol. The Morgan fingerprint density at radius 3 is 2.61 bits per heavy atom. The molecule has 1 rings (SSSR count). The van der Waals surface area contributed by atoms with Gasteiger partial charge in [0.2, 0.25) is 0 Å². The van der Waals surface area contributed by atoms with Gasteiger partial charge in [-0.15, -0.1) is 0 Å². The first-order valence-electron chi connectivity index (χ1n) is 6.08. The predicted octanol–water partition coefficient (Wildman–Crippen LogP) is 3.23. The molecule has 0 aromatic heterocycles. The first-order valence-corrected chi connectivity index (χ1v) is 6.87. The van der Waals surface area contributed by atoms with Crippen molar-refractivity contribution in [3.8, 4) is 0 Å². The summed E-state index contributed by atoms with van der Waals surface area (Å²) in [6, 6.07) is 7.95. The number of rotatable bonds is 5. The molecular formula is C14H20BrNO2. The summed E-state index contributed by atoms with van der Waals surface area (Å²) in [4.78, 5) is 12.2. The fourth-order valence-corrected chi connectivity index (χ4v) is 2.53. The van der Waals surface area contributed by atoms with E-state index in [9.17, 15) is 4.79 Å². The van der Waals surface area contributed by atoms with Crippen LogP contribution in [0.5, 0.6) is 0 Å². The van der Waals surface area contributed by atoms with Crippen LogP contribution in [0.1, 0.15) is 32.8 Å². The summed E-state index contributed by atoms with van der Waals surface area (Å²) in [7, 11) is 1.42. The number of hydrogen-bond donors (Lipinski definition) is 1. The zero-order chi connectivity index (χ0) is 13.8. The van der Waals surface area contributed by atoms with Crippen LogP contribution in [0.25, 0.3) is 0 Å². The molecule has 1 aromatic rings. The van der Waals surface area contributed by atoms with Gasteiger partial charge in [0.1, 0.15) is 5.54 Å². The maximum absolute atomic E-state index is 12.2. The molecule has 3 nitrogen and oxygen atoms in total. The van der Waals surface area contributed by atoms with Crippen molar-refractivity contribution in [1.82, 2.24) is 5.32 Å². The van der Waals surface area contributed by atoms with Crippen molar-refractivity contribution in [2.45, 2.75) is 38.8 Å². The van der Waals surface area contributed by atoms with Crippen molar-refractivity contribution in [1.29, 1.82) is 0 Å². The fourth-order valence-electron chi connectivity index (χ4n) is 2.13. The Hall–Kier alpha value is -0.870. The molecule has 18 heavy (non-hydrogen) atoms. The summed E-state index contributed by atoms with van der Waals surface area (Å²) in [5.41, 5.74) is 0.132. The van der Waals surface area contributed by atoms with Crippen LogP contribution in [-0.2, 0) is 15.1 Å². The molecule has 0 aliphatic carbocycles. The van der Waals surface area contributed by atoms with Gasteiger partial charge in [-0.05, 0) is 38.0 Å². The Morgan fingerprint density at radius 2 is 2.17 bits per heavy atom. The molecule has 0 aliphatic heterocycles. The molecule has 0 aliphatic rings. The molecule has 0 saturated carbocycles. The largest absolute Gasteiger partial charge is 0.467 e. The quantitative estimate of drug-likeness (QED) is 0.848. The number of esters is 1. The highest BCUT2D eigenvalue weighted by molar-refractivity contribution is 9.10. The lowest BCUT2D eigenvalue weighted by Crippen LogP contribution is -2.52. The zero-order valence-corrected chi connectivity index (χ0v) is 12.9. The lowest BCUT2D eigenvalue weighted by molar-refractivity contribution is -0.149. The number of ether oxygens (including phenoxy) is 1. The Bertz CT molecular complexity index is 420. The number of carbonyl (C=O) groups excluding carboxylic acids is 1. The van der Waals surface area contributed by atoms with Gasteiger partial charge in [0.25, 0.3) is 0 Å². The van der Waals surface area contributed by atoms with Crippen LogP contribution < -0.4 is 5.32 Å². The van der Waals surface area contributed by atoms with E-state index in [-0.39, 0.29) is 12.0 Å². The van der Waals surface area contributed by atoms with Crippen LogP contribution >= 0.6 is 15.9 Å². The molecule has 0 saturated heterocycles. The lowest BCUT2D eigenvalue weighted by atomic mass is 9.86. The van der Waals surface area contributed by atoms with Gasteiger partial charge in [-0.3, -0.25) is 5.32 Å². The third-order valence-electron chi connectivity index (χ3n) is 2.92. The molecule has 0 amide bonds. The van der Waals surface area contributed by atoms with Crippen molar-refractivity contribution in [2.75, 3.05) is 7.11 Å². The topological polar surface area (TPSA) is 38.3 Å². The van der Waals surface area contributed by atoms with E-state index in [0.29, 0.717) is 6.42 Å². The molecule has 0 heterocycles.